The molecule has 2 aromatic heterocycles. The number of rotatable bonds is 4. The minimum Gasteiger partial charge on any atom is -0.300 e. The van der Waals surface area contributed by atoms with Gasteiger partial charge in [-0.15, -0.1) is 10.2 Å². The Morgan fingerprint density at radius 3 is 2.95 bits per heavy atom. The molecule has 0 radical (unpaired) electrons. The van der Waals surface area contributed by atoms with Crippen molar-refractivity contribution in [2.24, 2.45) is 0 Å². The van der Waals surface area contributed by atoms with Crippen molar-refractivity contribution in [3.05, 3.63) is 29.3 Å². The lowest BCUT2D eigenvalue weighted by molar-refractivity contribution is -0.115. The molecule has 20 heavy (non-hydrogen) atoms. The van der Waals surface area contributed by atoms with E-state index < -0.39 is 0 Å². The third-order valence-corrected chi connectivity index (χ3v) is 4.38. The first kappa shape index (κ1) is 13.1. The number of nitrogens with one attached hydrogen (secondary N) is 1. The Kier molecular flexibility index (Phi) is 3.96. The summed E-state index contributed by atoms with van der Waals surface area (Å²) >= 11 is 1.48. The predicted octanol–water partition coefficient (Wildman–Crippen LogP) is 2.17. The molecule has 0 atom stereocenters. The second-order valence-corrected chi connectivity index (χ2v) is 5.86. The van der Waals surface area contributed by atoms with E-state index in [1.807, 2.05) is 0 Å². The lowest BCUT2D eigenvalue weighted by atomic mass is 10.1. The molecular formula is C13H15N5OS. The van der Waals surface area contributed by atoms with Crippen LogP contribution in [-0.4, -0.2) is 26.1 Å². The molecule has 104 valence electrons. The van der Waals surface area contributed by atoms with E-state index in [1.165, 1.54) is 43.3 Å². The van der Waals surface area contributed by atoms with Crippen molar-refractivity contribution in [3.63, 3.8) is 0 Å². The highest BCUT2D eigenvalue weighted by Gasteiger charge is 2.21. The lowest BCUT2D eigenvalue weighted by Gasteiger charge is -2.01. The third-order valence-electron chi connectivity index (χ3n) is 3.38. The maximum atomic E-state index is 11.9. The monoisotopic (exact) mass is 289 g/mol. The van der Waals surface area contributed by atoms with Crippen LogP contribution in [0.25, 0.3) is 0 Å². The van der Waals surface area contributed by atoms with Crippen LogP contribution in [0.4, 0.5) is 5.13 Å². The first-order chi connectivity index (χ1) is 9.81. The SMILES string of the molecule is O=C(Cc1ccncn1)Nc1nnc(C2CCCC2)s1. The summed E-state index contributed by atoms with van der Waals surface area (Å²) in [7, 11) is 0. The van der Waals surface area contributed by atoms with Crippen molar-refractivity contribution in [2.75, 3.05) is 5.32 Å². The van der Waals surface area contributed by atoms with Crippen molar-refractivity contribution in [3.8, 4) is 0 Å². The highest BCUT2D eigenvalue weighted by molar-refractivity contribution is 7.15. The van der Waals surface area contributed by atoms with Gasteiger partial charge in [0.05, 0.1) is 12.1 Å². The number of hydrogen-bond donors (Lipinski definition) is 1. The zero-order valence-corrected chi connectivity index (χ0v) is 11.8. The topological polar surface area (TPSA) is 80.7 Å². The summed E-state index contributed by atoms with van der Waals surface area (Å²) < 4.78 is 0. The summed E-state index contributed by atoms with van der Waals surface area (Å²) in [5.41, 5.74) is 0.693. The molecule has 0 aliphatic heterocycles. The van der Waals surface area contributed by atoms with E-state index in [0.29, 0.717) is 16.7 Å². The molecular weight excluding hydrogens is 274 g/mol. The van der Waals surface area contributed by atoms with Gasteiger partial charge in [-0.2, -0.15) is 0 Å². The molecule has 1 N–H and O–H groups in total. The van der Waals surface area contributed by atoms with E-state index in [1.54, 1.807) is 12.3 Å². The summed E-state index contributed by atoms with van der Waals surface area (Å²) in [5, 5.41) is 12.6. The number of hydrogen-bond acceptors (Lipinski definition) is 6. The van der Waals surface area contributed by atoms with E-state index in [2.05, 4.69) is 25.5 Å². The third kappa shape index (κ3) is 3.16. The summed E-state index contributed by atoms with van der Waals surface area (Å²) in [6, 6.07) is 1.73. The second kappa shape index (κ2) is 6.04. The van der Waals surface area contributed by atoms with Crippen LogP contribution in [-0.2, 0) is 11.2 Å². The van der Waals surface area contributed by atoms with Gasteiger partial charge in [0.2, 0.25) is 11.0 Å². The molecule has 2 aromatic rings. The Bertz CT molecular complexity index is 579. The molecule has 6 nitrogen and oxygen atoms in total. The fourth-order valence-corrected chi connectivity index (χ4v) is 3.30. The summed E-state index contributed by atoms with van der Waals surface area (Å²) in [4.78, 5) is 19.7. The molecule has 2 heterocycles. The van der Waals surface area contributed by atoms with Crippen molar-refractivity contribution in [1.82, 2.24) is 20.2 Å². The van der Waals surface area contributed by atoms with Crippen molar-refractivity contribution in [2.45, 2.75) is 38.0 Å². The fraction of sp³-hybridized carbons (Fsp3) is 0.462. The van der Waals surface area contributed by atoms with Gasteiger partial charge in [0.1, 0.15) is 11.3 Å². The van der Waals surface area contributed by atoms with Gasteiger partial charge in [-0.3, -0.25) is 4.79 Å². The largest absolute Gasteiger partial charge is 0.300 e. The number of aromatic nitrogens is 4. The minimum absolute atomic E-state index is 0.127. The Morgan fingerprint density at radius 1 is 1.35 bits per heavy atom. The number of anilines is 1. The normalized spacial score (nSPS) is 15.4. The van der Waals surface area contributed by atoms with Gasteiger partial charge in [0.25, 0.3) is 0 Å². The van der Waals surface area contributed by atoms with Gasteiger partial charge in [-0.1, -0.05) is 24.2 Å². The van der Waals surface area contributed by atoms with Gasteiger partial charge in [0, 0.05) is 12.1 Å². The van der Waals surface area contributed by atoms with Crippen LogP contribution < -0.4 is 5.32 Å². The van der Waals surface area contributed by atoms with E-state index >= 15 is 0 Å². The van der Waals surface area contributed by atoms with Crippen molar-refractivity contribution < 1.29 is 4.79 Å². The molecule has 1 saturated carbocycles. The first-order valence-corrected chi connectivity index (χ1v) is 7.51. The Labute approximate surface area is 120 Å². The molecule has 0 bridgehead atoms. The Morgan fingerprint density at radius 2 is 2.20 bits per heavy atom. The van der Waals surface area contributed by atoms with E-state index in [9.17, 15) is 4.79 Å². The number of nitrogens with zero attached hydrogens (tertiary/aromatic N) is 4. The maximum Gasteiger partial charge on any atom is 0.232 e. The van der Waals surface area contributed by atoms with Crippen molar-refractivity contribution >= 4 is 22.4 Å². The maximum absolute atomic E-state index is 11.9. The lowest BCUT2D eigenvalue weighted by Crippen LogP contribution is -2.15. The van der Waals surface area contributed by atoms with Crippen LogP contribution in [0, 0.1) is 0 Å². The molecule has 0 unspecified atom stereocenters. The van der Waals surface area contributed by atoms with Gasteiger partial charge < -0.3 is 5.32 Å². The van der Waals surface area contributed by atoms with Gasteiger partial charge in [0.15, 0.2) is 0 Å². The zero-order valence-electron chi connectivity index (χ0n) is 11.0. The summed E-state index contributed by atoms with van der Waals surface area (Å²) in [6.45, 7) is 0. The van der Waals surface area contributed by atoms with Crippen LogP contribution in [0.5, 0.6) is 0 Å². The second-order valence-electron chi connectivity index (χ2n) is 4.85. The summed E-state index contributed by atoms with van der Waals surface area (Å²) in [6.07, 6.45) is 8.18. The highest BCUT2D eigenvalue weighted by atomic mass is 32.1. The molecule has 0 aromatic carbocycles. The molecule has 1 amide bonds. The molecule has 1 aliphatic carbocycles. The predicted molar refractivity (Wildman–Crippen MR) is 75.5 cm³/mol. The number of amides is 1. The molecule has 3 rings (SSSR count). The number of carbonyl (C=O) groups is 1. The standard InChI is InChI=1S/C13H15N5OS/c19-11(7-10-5-6-14-8-15-10)16-13-18-17-12(20-13)9-3-1-2-4-9/h5-6,8-9H,1-4,7H2,(H,16,18,19). The Balaban J connectivity index is 1.59. The Hall–Kier alpha value is -1.89. The molecule has 0 spiro atoms. The fourth-order valence-electron chi connectivity index (χ4n) is 2.37. The van der Waals surface area contributed by atoms with E-state index in [0.717, 1.165) is 5.01 Å². The first-order valence-electron chi connectivity index (χ1n) is 6.69. The molecule has 1 fully saturated rings. The van der Waals surface area contributed by atoms with Crippen LogP contribution in [0.15, 0.2) is 18.6 Å². The van der Waals surface area contributed by atoms with Crippen LogP contribution in [0.1, 0.15) is 42.3 Å². The van der Waals surface area contributed by atoms with Gasteiger partial charge in [-0.25, -0.2) is 9.97 Å². The molecule has 0 saturated heterocycles. The van der Waals surface area contributed by atoms with Crippen LogP contribution in [0.2, 0.25) is 0 Å². The van der Waals surface area contributed by atoms with Gasteiger partial charge in [-0.05, 0) is 18.9 Å². The van der Waals surface area contributed by atoms with E-state index in [4.69, 9.17) is 0 Å². The summed E-state index contributed by atoms with van der Waals surface area (Å²) in [5.74, 6) is 0.401. The highest BCUT2D eigenvalue weighted by Crippen LogP contribution is 2.36. The smallest absolute Gasteiger partial charge is 0.232 e. The van der Waals surface area contributed by atoms with E-state index in [-0.39, 0.29) is 12.3 Å². The minimum atomic E-state index is -0.127. The zero-order chi connectivity index (χ0) is 13.8. The molecule has 1 aliphatic rings. The van der Waals surface area contributed by atoms with Crippen LogP contribution in [0.3, 0.4) is 0 Å². The van der Waals surface area contributed by atoms with Crippen molar-refractivity contribution in [1.29, 1.82) is 0 Å². The number of carbonyl (C=O) groups excluding carboxylic acids is 1. The average Bonchev–Trinajstić information content (AvgIpc) is 3.10. The average molecular weight is 289 g/mol. The quantitative estimate of drug-likeness (QED) is 0.933. The van der Waals surface area contributed by atoms with Gasteiger partial charge >= 0.3 is 0 Å². The van der Waals surface area contributed by atoms with Crippen LogP contribution >= 0.6 is 11.3 Å². The molecule has 7 heteroatoms.